The lowest BCUT2D eigenvalue weighted by Gasteiger charge is -2.35. The molecule has 0 spiro atoms. The second-order valence-corrected chi connectivity index (χ2v) is 4.07. The SMILES string of the molecule is C=CC(CC)(CC)C(O)C(Cl)CC. The maximum absolute atomic E-state index is 10.0. The van der Waals surface area contributed by atoms with Crippen LogP contribution in [0, 0.1) is 5.41 Å². The fourth-order valence-corrected chi connectivity index (χ4v) is 1.91. The van der Waals surface area contributed by atoms with Gasteiger partial charge in [0.2, 0.25) is 0 Å². The Morgan fingerprint density at radius 3 is 2.08 bits per heavy atom. The van der Waals surface area contributed by atoms with Gasteiger partial charge in [-0.2, -0.15) is 0 Å². The Morgan fingerprint density at radius 1 is 1.38 bits per heavy atom. The van der Waals surface area contributed by atoms with E-state index in [-0.39, 0.29) is 10.8 Å². The molecule has 0 bridgehead atoms. The molecule has 0 rings (SSSR count). The molecule has 0 heterocycles. The van der Waals surface area contributed by atoms with Crippen molar-refractivity contribution in [2.45, 2.75) is 51.5 Å². The molecule has 0 amide bonds. The molecule has 2 atom stereocenters. The molecule has 0 fully saturated rings. The standard InChI is InChI=1S/C11H21ClO/c1-5-9(12)10(13)11(6-2,7-3)8-4/h6,9-10,13H,2,5,7-8H2,1,3-4H3. The van der Waals surface area contributed by atoms with Crippen molar-refractivity contribution in [2.24, 2.45) is 5.41 Å². The third kappa shape index (κ3) is 2.72. The van der Waals surface area contributed by atoms with E-state index >= 15 is 0 Å². The third-order valence-corrected chi connectivity index (χ3v) is 3.59. The molecule has 0 aromatic carbocycles. The molecule has 0 aliphatic carbocycles. The molecule has 0 aromatic rings. The van der Waals surface area contributed by atoms with E-state index in [9.17, 15) is 5.11 Å². The second-order valence-electron chi connectivity index (χ2n) is 3.51. The Bertz CT molecular complexity index is 152. The average molecular weight is 205 g/mol. The summed E-state index contributed by atoms with van der Waals surface area (Å²) in [6.45, 7) is 9.91. The summed E-state index contributed by atoms with van der Waals surface area (Å²) in [5.74, 6) is 0. The number of aliphatic hydroxyl groups is 1. The van der Waals surface area contributed by atoms with Gasteiger partial charge in [-0.25, -0.2) is 0 Å². The van der Waals surface area contributed by atoms with Crippen molar-refractivity contribution in [3.05, 3.63) is 12.7 Å². The zero-order chi connectivity index (χ0) is 10.5. The number of alkyl halides is 1. The first kappa shape index (κ1) is 13.0. The van der Waals surface area contributed by atoms with Gasteiger partial charge in [0.15, 0.2) is 0 Å². The summed E-state index contributed by atoms with van der Waals surface area (Å²) >= 11 is 6.04. The first-order chi connectivity index (χ1) is 6.07. The van der Waals surface area contributed by atoms with Gasteiger partial charge in [-0.15, -0.1) is 18.2 Å². The van der Waals surface area contributed by atoms with Gasteiger partial charge in [0.25, 0.3) is 0 Å². The molecule has 78 valence electrons. The van der Waals surface area contributed by atoms with Gasteiger partial charge < -0.3 is 5.11 Å². The van der Waals surface area contributed by atoms with Crippen molar-refractivity contribution in [1.29, 1.82) is 0 Å². The van der Waals surface area contributed by atoms with E-state index in [1.807, 2.05) is 13.0 Å². The van der Waals surface area contributed by atoms with Gasteiger partial charge in [0, 0.05) is 5.41 Å². The topological polar surface area (TPSA) is 20.2 Å². The van der Waals surface area contributed by atoms with Crippen LogP contribution in [-0.2, 0) is 0 Å². The Hall–Kier alpha value is -0.0100. The van der Waals surface area contributed by atoms with Crippen LogP contribution < -0.4 is 0 Å². The summed E-state index contributed by atoms with van der Waals surface area (Å²) in [4.78, 5) is 0. The molecule has 2 unspecified atom stereocenters. The van der Waals surface area contributed by atoms with Crippen molar-refractivity contribution < 1.29 is 5.11 Å². The number of halogens is 1. The lowest BCUT2D eigenvalue weighted by molar-refractivity contribution is 0.0482. The molecular weight excluding hydrogens is 184 g/mol. The van der Waals surface area contributed by atoms with E-state index in [1.54, 1.807) is 0 Å². The fraction of sp³-hybridized carbons (Fsp3) is 0.818. The van der Waals surface area contributed by atoms with Crippen molar-refractivity contribution in [2.75, 3.05) is 0 Å². The predicted octanol–water partition coefficient (Wildman–Crippen LogP) is 3.36. The van der Waals surface area contributed by atoms with Crippen molar-refractivity contribution in [3.63, 3.8) is 0 Å². The van der Waals surface area contributed by atoms with Crippen molar-refractivity contribution in [3.8, 4) is 0 Å². The van der Waals surface area contributed by atoms with Crippen LogP contribution in [0.15, 0.2) is 12.7 Å². The highest BCUT2D eigenvalue weighted by atomic mass is 35.5. The third-order valence-electron chi connectivity index (χ3n) is 3.04. The van der Waals surface area contributed by atoms with Crippen LogP contribution in [0.3, 0.4) is 0 Å². The smallest absolute Gasteiger partial charge is 0.0793 e. The summed E-state index contributed by atoms with van der Waals surface area (Å²) in [6, 6.07) is 0. The molecule has 0 radical (unpaired) electrons. The van der Waals surface area contributed by atoms with Gasteiger partial charge in [-0.05, 0) is 19.3 Å². The summed E-state index contributed by atoms with van der Waals surface area (Å²) in [7, 11) is 0. The normalized spacial score (nSPS) is 16.7. The van der Waals surface area contributed by atoms with Crippen LogP contribution in [0.25, 0.3) is 0 Å². The lowest BCUT2D eigenvalue weighted by Crippen LogP contribution is -2.38. The molecular formula is C11H21ClO. The minimum atomic E-state index is -0.480. The Morgan fingerprint density at radius 2 is 1.85 bits per heavy atom. The number of aliphatic hydroxyl groups excluding tert-OH is 1. The zero-order valence-corrected chi connectivity index (χ0v) is 9.64. The van der Waals surface area contributed by atoms with Crippen LogP contribution in [-0.4, -0.2) is 16.6 Å². The number of rotatable bonds is 6. The maximum atomic E-state index is 10.0. The molecule has 0 aliphatic rings. The zero-order valence-electron chi connectivity index (χ0n) is 8.89. The molecule has 0 saturated carbocycles. The molecule has 0 aromatic heterocycles. The highest BCUT2D eigenvalue weighted by molar-refractivity contribution is 6.21. The summed E-state index contributed by atoms with van der Waals surface area (Å²) < 4.78 is 0. The summed E-state index contributed by atoms with van der Waals surface area (Å²) in [6.07, 6.45) is 3.93. The van der Waals surface area contributed by atoms with Crippen LogP contribution in [0.2, 0.25) is 0 Å². The first-order valence-corrected chi connectivity index (χ1v) is 5.47. The maximum Gasteiger partial charge on any atom is 0.0793 e. The molecule has 1 N–H and O–H groups in total. The van der Waals surface area contributed by atoms with Gasteiger partial charge >= 0.3 is 0 Å². The molecule has 1 nitrogen and oxygen atoms in total. The van der Waals surface area contributed by atoms with E-state index < -0.39 is 6.10 Å². The van der Waals surface area contributed by atoms with Crippen LogP contribution >= 0.6 is 11.6 Å². The fourth-order valence-electron chi connectivity index (χ4n) is 1.66. The van der Waals surface area contributed by atoms with Crippen LogP contribution in [0.4, 0.5) is 0 Å². The van der Waals surface area contributed by atoms with E-state index in [2.05, 4.69) is 20.4 Å². The van der Waals surface area contributed by atoms with Crippen molar-refractivity contribution in [1.82, 2.24) is 0 Å². The van der Waals surface area contributed by atoms with Gasteiger partial charge in [0.1, 0.15) is 0 Å². The average Bonchev–Trinajstić information content (AvgIpc) is 2.20. The highest BCUT2D eigenvalue weighted by Crippen LogP contribution is 2.35. The molecule has 2 heteroatoms. The van der Waals surface area contributed by atoms with Gasteiger partial charge in [-0.3, -0.25) is 0 Å². The number of hydrogen-bond donors (Lipinski definition) is 1. The predicted molar refractivity (Wildman–Crippen MR) is 59.2 cm³/mol. The Labute approximate surface area is 86.8 Å². The van der Waals surface area contributed by atoms with E-state index in [1.165, 1.54) is 0 Å². The molecule has 0 saturated heterocycles. The lowest BCUT2D eigenvalue weighted by atomic mass is 9.75. The minimum Gasteiger partial charge on any atom is -0.391 e. The minimum absolute atomic E-state index is 0.169. The van der Waals surface area contributed by atoms with E-state index in [4.69, 9.17) is 11.6 Å². The Kier molecular flexibility index (Phi) is 5.66. The highest BCUT2D eigenvalue weighted by Gasteiger charge is 2.35. The monoisotopic (exact) mass is 204 g/mol. The van der Waals surface area contributed by atoms with E-state index in [0.29, 0.717) is 0 Å². The molecule has 13 heavy (non-hydrogen) atoms. The van der Waals surface area contributed by atoms with Crippen LogP contribution in [0.1, 0.15) is 40.0 Å². The summed E-state index contributed by atoms with van der Waals surface area (Å²) in [5, 5.41) is 9.86. The quantitative estimate of drug-likeness (QED) is 0.520. The Balaban J connectivity index is 4.61. The number of hydrogen-bond acceptors (Lipinski definition) is 1. The van der Waals surface area contributed by atoms with Gasteiger partial charge in [-0.1, -0.05) is 26.8 Å². The second kappa shape index (κ2) is 5.66. The van der Waals surface area contributed by atoms with Crippen LogP contribution in [0.5, 0.6) is 0 Å². The summed E-state index contributed by atoms with van der Waals surface area (Å²) in [5.41, 5.74) is -0.206. The van der Waals surface area contributed by atoms with E-state index in [0.717, 1.165) is 19.3 Å². The van der Waals surface area contributed by atoms with Crippen molar-refractivity contribution >= 4 is 11.6 Å². The largest absolute Gasteiger partial charge is 0.391 e. The first-order valence-electron chi connectivity index (χ1n) is 5.03. The molecule has 0 aliphatic heterocycles. The van der Waals surface area contributed by atoms with Gasteiger partial charge in [0.05, 0.1) is 11.5 Å².